The number of nitrogens with one attached hydrogen (secondary N) is 1. The van der Waals surface area contributed by atoms with Crippen molar-refractivity contribution in [3.05, 3.63) is 59.4 Å². The summed E-state index contributed by atoms with van der Waals surface area (Å²) < 4.78 is 5.80. The summed E-state index contributed by atoms with van der Waals surface area (Å²) >= 11 is 0. The number of fused-ring (bicyclic) bond motifs is 1. The van der Waals surface area contributed by atoms with Crippen LogP contribution in [0.3, 0.4) is 0 Å². The predicted octanol–water partition coefficient (Wildman–Crippen LogP) is 3.49. The molecule has 1 aliphatic heterocycles. The molecule has 110 valence electrons. The Kier molecular flexibility index (Phi) is 4.20. The highest BCUT2D eigenvalue weighted by Gasteiger charge is 2.21. The molecule has 2 unspecified atom stereocenters. The molecule has 3 heteroatoms. The molecule has 0 fully saturated rings. The molecule has 2 atom stereocenters. The Balaban J connectivity index is 1.92. The Bertz CT molecular complexity index is 597. The van der Waals surface area contributed by atoms with E-state index in [9.17, 15) is 0 Å². The number of hydrogen-bond donors (Lipinski definition) is 1. The quantitative estimate of drug-likeness (QED) is 0.911. The van der Waals surface area contributed by atoms with Gasteiger partial charge in [0.2, 0.25) is 0 Å². The third kappa shape index (κ3) is 3.08. The second kappa shape index (κ2) is 6.27. The molecule has 1 aliphatic rings. The van der Waals surface area contributed by atoms with Gasteiger partial charge in [-0.25, -0.2) is 0 Å². The number of aromatic nitrogens is 1. The van der Waals surface area contributed by atoms with Gasteiger partial charge >= 0.3 is 0 Å². The number of rotatable bonds is 5. The van der Waals surface area contributed by atoms with E-state index in [-0.39, 0.29) is 12.1 Å². The summed E-state index contributed by atoms with van der Waals surface area (Å²) in [6, 6.07) is 10.9. The van der Waals surface area contributed by atoms with Crippen LogP contribution >= 0.6 is 0 Å². The van der Waals surface area contributed by atoms with Crippen LogP contribution in [0.5, 0.6) is 5.75 Å². The lowest BCUT2D eigenvalue weighted by Crippen LogP contribution is -2.23. The van der Waals surface area contributed by atoms with Crippen molar-refractivity contribution in [2.45, 2.75) is 38.8 Å². The Morgan fingerprint density at radius 3 is 3.00 bits per heavy atom. The summed E-state index contributed by atoms with van der Waals surface area (Å²) in [5.41, 5.74) is 3.80. The van der Waals surface area contributed by atoms with Crippen molar-refractivity contribution in [3.63, 3.8) is 0 Å². The Hall–Kier alpha value is -1.87. The predicted molar refractivity (Wildman–Crippen MR) is 84.6 cm³/mol. The van der Waals surface area contributed by atoms with Gasteiger partial charge in [0.15, 0.2) is 0 Å². The van der Waals surface area contributed by atoms with Gasteiger partial charge < -0.3 is 10.1 Å². The third-order valence-corrected chi connectivity index (χ3v) is 3.87. The van der Waals surface area contributed by atoms with Crippen molar-refractivity contribution in [3.8, 4) is 5.75 Å². The number of hydrogen-bond acceptors (Lipinski definition) is 3. The summed E-state index contributed by atoms with van der Waals surface area (Å²) in [5, 5.41) is 3.62. The highest BCUT2D eigenvalue weighted by atomic mass is 16.5. The van der Waals surface area contributed by atoms with E-state index in [1.807, 2.05) is 18.5 Å². The smallest absolute Gasteiger partial charge is 0.123 e. The van der Waals surface area contributed by atoms with Gasteiger partial charge in [-0.2, -0.15) is 0 Å². The van der Waals surface area contributed by atoms with Crippen LogP contribution in [0, 0.1) is 0 Å². The zero-order valence-corrected chi connectivity index (χ0v) is 12.7. The normalized spacial score (nSPS) is 18.1. The van der Waals surface area contributed by atoms with Crippen LogP contribution in [-0.2, 0) is 6.42 Å². The molecule has 0 amide bonds. The molecule has 21 heavy (non-hydrogen) atoms. The molecule has 0 saturated carbocycles. The molecule has 3 rings (SSSR count). The van der Waals surface area contributed by atoms with Crippen molar-refractivity contribution in [1.82, 2.24) is 10.3 Å². The maximum Gasteiger partial charge on any atom is 0.123 e. The van der Waals surface area contributed by atoms with Crippen molar-refractivity contribution in [2.24, 2.45) is 0 Å². The minimum absolute atomic E-state index is 0.194. The molecule has 1 aromatic heterocycles. The first-order valence-electron chi connectivity index (χ1n) is 7.70. The molecular formula is C18H22N2O. The van der Waals surface area contributed by atoms with Gasteiger partial charge in [-0.3, -0.25) is 4.98 Å². The summed E-state index contributed by atoms with van der Waals surface area (Å²) in [6.07, 6.45) is 6.16. The molecular weight excluding hydrogens is 260 g/mol. The highest BCUT2D eigenvalue weighted by molar-refractivity contribution is 5.43. The molecule has 0 aliphatic carbocycles. The first kappa shape index (κ1) is 14.1. The van der Waals surface area contributed by atoms with Crippen LogP contribution in [0.15, 0.2) is 42.7 Å². The largest absolute Gasteiger partial charge is 0.490 e. The third-order valence-electron chi connectivity index (χ3n) is 3.87. The lowest BCUT2D eigenvalue weighted by Gasteiger charge is -2.19. The fraction of sp³-hybridized carbons (Fsp3) is 0.389. The Morgan fingerprint density at radius 1 is 1.33 bits per heavy atom. The van der Waals surface area contributed by atoms with Crippen LogP contribution in [0.4, 0.5) is 0 Å². The topological polar surface area (TPSA) is 34.2 Å². The van der Waals surface area contributed by atoms with Crippen molar-refractivity contribution in [1.29, 1.82) is 0 Å². The van der Waals surface area contributed by atoms with E-state index in [4.69, 9.17) is 4.74 Å². The van der Waals surface area contributed by atoms with Gasteiger partial charge in [0.05, 0.1) is 6.04 Å². The number of ether oxygens (including phenoxy) is 1. The van der Waals surface area contributed by atoms with Gasteiger partial charge in [0.25, 0.3) is 0 Å². The van der Waals surface area contributed by atoms with Crippen LogP contribution in [0.25, 0.3) is 0 Å². The van der Waals surface area contributed by atoms with Crippen LogP contribution in [0.2, 0.25) is 0 Å². The fourth-order valence-electron chi connectivity index (χ4n) is 2.89. The SMILES string of the molecule is CCCNC(c1cccnc1)c1ccc2c(c1)CC(C)O2. The molecule has 0 spiro atoms. The van der Waals surface area contributed by atoms with E-state index in [0.29, 0.717) is 0 Å². The standard InChI is InChI=1S/C18H22N2O/c1-3-8-20-18(15-5-4-9-19-12-15)14-6-7-17-16(11-14)10-13(2)21-17/h4-7,9,11-13,18,20H,3,8,10H2,1-2H3. The van der Waals surface area contributed by atoms with E-state index in [0.717, 1.165) is 25.1 Å². The number of nitrogens with zero attached hydrogens (tertiary/aromatic N) is 1. The molecule has 1 N–H and O–H groups in total. The first-order valence-corrected chi connectivity index (χ1v) is 7.70. The highest BCUT2D eigenvalue weighted by Crippen LogP contribution is 2.32. The lowest BCUT2D eigenvalue weighted by molar-refractivity contribution is 0.254. The molecule has 2 aromatic rings. The van der Waals surface area contributed by atoms with Crippen LogP contribution in [0.1, 0.15) is 43.0 Å². The summed E-state index contributed by atoms with van der Waals surface area (Å²) in [5.74, 6) is 1.03. The summed E-state index contributed by atoms with van der Waals surface area (Å²) in [7, 11) is 0. The van der Waals surface area contributed by atoms with Crippen molar-refractivity contribution >= 4 is 0 Å². The minimum Gasteiger partial charge on any atom is -0.490 e. The second-order valence-corrected chi connectivity index (χ2v) is 5.67. The number of pyridine rings is 1. The monoisotopic (exact) mass is 282 g/mol. The van der Waals surface area contributed by atoms with E-state index >= 15 is 0 Å². The Labute approximate surface area is 126 Å². The molecule has 2 heterocycles. The summed E-state index contributed by atoms with van der Waals surface area (Å²) in [6.45, 7) is 5.29. The van der Waals surface area contributed by atoms with Gasteiger partial charge in [-0.15, -0.1) is 0 Å². The van der Waals surface area contributed by atoms with E-state index < -0.39 is 0 Å². The molecule has 1 aromatic carbocycles. The summed E-state index contributed by atoms with van der Waals surface area (Å²) in [4.78, 5) is 4.26. The zero-order valence-electron chi connectivity index (χ0n) is 12.7. The maximum atomic E-state index is 5.80. The van der Waals surface area contributed by atoms with Gasteiger partial charge in [-0.05, 0) is 48.7 Å². The van der Waals surface area contributed by atoms with E-state index in [1.54, 1.807) is 0 Å². The first-order chi connectivity index (χ1) is 10.3. The van der Waals surface area contributed by atoms with Gasteiger partial charge in [0.1, 0.15) is 11.9 Å². The fourth-order valence-corrected chi connectivity index (χ4v) is 2.89. The van der Waals surface area contributed by atoms with Crippen molar-refractivity contribution in [2.75, 3.05) is 6.54 Å². The van der Waals surface area contributed by atoms with Crippen LogP contribution in [-0.4, -0.2) is 17.6 Å². The van der Waals surface area contributed by atoms with E-state index in [2.05, 4.69) is 48.4 Å². The maximum absolute atomic E-state index is 5.80. The zero-order chi connectivity index (χ0) is 14.7. The molecule has 3 nitrogen and oxygen atoms in total. The lowest BCUT2D eigenvalue weighted by atomic mass is 9.97. The molecule has 0 radical (unpaired) electrons. The molecule has 0 bridgehead atoms. The number of benzene rings is 1. The average molecular weight is 282 g/mol. The van der Waals surface area contributed by atoms with Gasteiger partial charge in [0, 0.05) is 18.8 Å². The average Bonchev–Trinajstić information content (AvgIpc) is 2.88. The van der Waals surface area contributed by atoms with Crippen molar-refractivity contribution < 1.29 is 4.74 Å². The minimum atomic E-state index is 0.194. The van der Waals surface area contributed by atoms with Gasteiger partial charge in [-0.1, -0.05) is 25.1 Å². The van der Waals surface area contributed by atoms with E-state index in [1.165, 1.54) is 16.7 Å². The molecule has 0 saturated heterocycles. The Morgan fingerprint density at radius 2 is 2.24 bits per heavy atom. The second-order valence-electron chi connectivity index (χ2n) is 5.67. The van der Waals surface area contributed by atoms with Crippen LogP contribution < -0.4 is 10.1 Å².